The number of nitrogens with zero attached hydrogens (tertiary/aromatic N) is 2. The van der Waals surface area contributed by atoms with Gasteiger partial charge in [-0.05, 0) is 43.9 Å². The molecular weight excluding hydrogens is 434 g/mol. The van der Waals surface area contributed by atoms with Crippen LogP contribution in [0.15, 0.2) is 47.5 Å². The maximum Gasteiger partial charge on any atom is 0.257 e. The molecule has 4 rings (SSSR count). The molecule has 0 saturated carbocycles. The standard InChI is InChI=1S/C26H31N3O5/c1-17-11-19-15-28-21-14-25(23(32-3)13-20(21)26(30)29(19)16-17)34-10-6-4-5-9-33-24-12-18(27)7-8-22(24)31-2/h7-8,12-15,19H,1,4-6,9-11,16,27H2,2-3H3/t19-/m0/s1. The fourth-order valence-corrected chi connectivity index (χ4v) is 4.16. The van der Waals surface area contributed by atoms with E-state index in [1.165, 1.54) is 0 Å². The second-order valence-corrected chi connectivity index (χ2v) is 8.42. The lowest BCUT2D eigenvalue weighted by atomic mass is 10.1. The van der Waals surface area contributed by atoms with Crippen molar-refractivity contribution < 1.29 is 23.7 Å². The normalized spacial score (nSPS) is 16.6. The van der Waals surface area contributed by atoms with Gasteiger partial charge in [0.05, 0.1) is 44.7 Å². The number of carbonyl (C=O) groups excluding carboxylic acids is 1. The Labute approximate surface area is 200 Å². The first-order chi connectivity index (χ1) is 16.5. The Kier molecular flexibility index (Phi) is 7.25. The number of carbonyl (C=O) groups is 1. The van der Waals surface area contributed by atoms with Crippen LogP contribution in [0, 0.1) is 0 Å². The van der Waals surface area contributed by atoms with Gasteiger partial charge >= 0.3 is 0 Å². The SMILES string of the molecule is C=C1C[C@H]2C=Nc3cc(OCCCCCOc4cc(N)ccc4OC)c(OC)cc3C(=O)N2C1. The van der Waals surface area contributed by atoms with Gasteiger partial charge in [-0.25, -0.2) is 0 Å². The highest BCUT2D eigenvalue weighted by Gasteiger charge is 2.34. The summed E-state index contributed by atoms with van der Waals surface area (Å²) in [6.07, 6.45) is 5.21. The number of amides is 1. The Balaban J connectivity index is 1.30. The molecule has 1 saturated heterocycles. The monoisotopic (exact) mass is 465 g/mol. The fourth-order valence-electron chi connectivity index (χ4n) is 4.16. The van der Waals surface area contributed by atoms with E-state index in [-0.39, 0.29) is 11.9 Å². The number of anilines is 1. The molecule has 0 aromatic heterocycles. The van der Waals surface area contributed by atoms with Gasteiger partial charge in [-0.1, -0.05) is 12.2 Å². The Bertz CT molecular complexity index is 1100. The maximum atomic E-state index is 13.0. The first kappa shape index (κ1) is 23.5. The highest BCUT2D eigenvalue weighted by atomic mass is 16.5. The summed E-state index contributed by atoms with van der Waals surface area (Å²) in [5.41, 5.74) is 8.62. The van der Waals surface area contributed by atoms with E-state index in [9.17, 15) is 4.79 Å². The van der Waals surface area contributed by atoms with E-state index in [1.54, 1.807) is 49.5 Å². The van der Waals surface area contributed by atoms with Crippen molar-refractivity contribution in [3.05, 3.63) is 48.0 Å². The number of nitrogens with two attached hydrogens (primary N) is 1. The summed E-state index contributed by atoms with van der Waals surface area (Å²) in [7, 11) is 3.18. The number of hydrogen-bond acceptors (Lipinski definition) is 7. The minimum atomic E-state index is -0.0576. The highest BCUT2D eigenvalue weighted by Crippen LogP contribution is 2.38. The summed E-state index contributed by atoms with van der Waals surface area (Å²) in [5, 5.41) is 0. The molecule has 34 heavy (non-hydrogen) atoms. The van der Waals surface area contributed by atoms with Gasteiger partial charge in [0.15, 0.2) is 23.0 Å². The quantitative estimate of drug-likeness (QED) is 0.317. The van der Waals surface area contributed by atoms with Crippen LogP contribution in [0.25, 0.3) is 0 Å². The molecule has 1 amide bonds. The molecule has 1 fully saturated rings. The van der Waals surface area contributed by atoms with E-state index in [0.717, 1.165) is 31.3 Å². The number of hydrogen-bond donors (Lipinski definition) is 1. The number of methoxy groups -OCH3 is 2. The number of unbranched alkanes of at least 4 members (excludes halogenated alkanes) is 2. The summed E-state index contributed by atoms with van der Waals surface area (Å²) in [5.74, 6) is 2.36. The van der Waals surface area contributed by atoms with E-state index in [1.807, 2.05) is 6.21 Å². The van der Waals surface area contributed by atoms with Crippen LogP contribution in [0.1, 0.15) is 36.0 Å². The van der Waals surface area contributed by atoms with Gasteiger partial charge in [0.1, 0.15) is 0 Å². The third kappa shape index (κ3) is 5.11. The van der Waals surface area contributed by atoms with Crippen molar-refractivity contribution in [1.29, 1.82) is 0 Å². The summed E-state index contributed by atoms with van der Waals surface area (Å²) in [6.45, 7) is 5.65. The number of aliphatic imine (C=N–C) groups is 1. The molecule has 2 heterocycles. The first-order valence-corrected chi connectivity index (χ1v) is 11.4. The fraction of sp³-hybridized carbons (Fsp3) is 0.385. The maximum absolute atomic E-state index is 13.0. The van der Waals surface area contributed by atoms with Crippen LogP contribution in [-0.4, -0.2) is 57.0 Å². The molecule has 180 valence electrons. The smallest absolute Gasteiger partial charge is 0.257 e. The van der Waals surface area contributed by atoms with E-state index in [4.69, 9.17) is 24.7 Å². The van der Waals surface area contributed by atoms with Crippen LogP contribution >= 0.6 is 0 Å². The van der Waals surface area contributed by atoms with E-state index < -0.39 is 0 Å². The third-order valence-electron chi connectivity index (χ3n) is 5.94. The minimum absolute atomic E-state index is 0.0442. The van der Waals surface area contributed by atoms with E-state index in [0.29, 0.717) is 59.7 Å². The molecule has 1 atom stereocenters. The van der Waals surface area contributed by atoms with Crippen molar-refractivity contribution in [3.8, 4) is 23.0 Å². The molecule has 8 heteroatoms. The average Bonchev–Trinajstić information content (AvgIpc) is 3.16. The zero-order valence-corrected chi connectivity index (χ0v) is 19.7. The molecule has 2 aromatic carbocycles. The van der Waals surface area contributed by atoms with Crippen molar-refractivity contribution >= 4 is 23.5 Å². The molecule has 0 spiro atoms. The minimum Gasteiger partial charge on any atom is -0.493 e. The number of ether oxygens (including phenoxy) is 4. The van der Waals surface area contributed by atoms with Gasteiger partial charge in [0.25, 0.3) is 5.91 Å². The first-order valence-electron chi connectivity index (χ1n) is 11.4. The molecule has 0 aliphatic carbocycles. The van der Waals surface area contributed by atoms with Crippen LogP contribution in [0.2, 0.25) is 0 Å². The largest absolute Gasteiger partial charge is 0.493 e. The van der Waals surface area contributed by atoms with Gasteiger partial charge in [0, 0.05) is 30.6 Å². The van der Waals surface area contributed by atoms with Crippen LogP contribution in [0.5, 0.6) is 23.0 Å². The number of fused-ring (bicyclic) bond motifs is 2. The molecule has 2 aliphatic rings. The Morgan fingerprint density at radius 3 is 2.41 bits per heavy atom. The van der Waals surface area contributed by atoms with E-state index >= 15 is 0 Å². The Hall–Kier alpha value is -3.68. The summed E-state index contributed by atoms with van der Waals surface area (Å²) in [4.78, 5) is 19.4. The lowest BCUT2D eigenvalue weighted by molar-refractivity contribution is 0.0777. The number of rotatable bonds is 10. The molecule has 0 unspecified atom stereocenters. The molecule has 2 aromatic rings. The average molecular weight is 466 g/mol. The summed E-state index contributed by atoms with van der Waals surface area (Å²) in [6, 6.07) is 8.80. The van der Waals surface area contributed by atoms with Gasteiger partial charge in [-0.3, -0.25) is 9.79 Å². The third-order valence-corrected chi connectivity index (χ3v) is 5.94. The Morgan fingerprint density at radius 2 is 1.71 bits per heavy atom. The van der Waals surface area contributed by atoms with Crippen molar-refractivity contribution in [3.63, 3.8) is 0 Å². The van der Waals surface area contributed by atoms with Crippen LogP contribution in [-0.2, 0) is 0 Å². The summed E-state index contributed by atoms with van der Waals surface area (Å²) >= 11 is 0. The second-order valence-electron chi connectivity index (χ2n) is 8.42. The predicted octanol–water partition coefficient (Wildman–Crippen LogP) is 4.40. The van der Waals surface area contributed by atoms with Gasteiger partial charge in [-0.2, -0.15) is 0 Å². The lowest BCUT2D eigenvalue weighted by Crippen LogP contribution is -2.35. The van der Waals surface area contributed by atoms with Crippen LogP contribution < -0.4 is 24.7 Å². The molecular formula is C26H31N3O5. The van der Waals surface area contributed by atoms with Gasteiger partial charge in [-0.15, -0.1) is 0 Å². The van der Waals surface area contributed by atoms with Crippen molar-refractivity contribution in [2.75, 3.05) is 39.7 Å². The lowest BCUT2D eigenvalue weighted by Gasteiger charge is -2.20. The molecule has 2 N–H and O–H groups in total. The van der Waals surface area contributed by atoms with Crippen LogP contribution in [0.4, 0.5) is 11.4 Å². The molecule has 2 aliphatic heterocycles. The van der Waals surface area contributed by atoms with Crippen molar-refractivity contribution in [1.82, 2.24) is 4.90 Å². The summed E-state index contributed by atoms with van der Waals surface area (Å²) < 4.78 is 22.6. The van der Waals surface area contributed by atoms with Crippen molar-refractivity contribution in [2.45, 2.75) is 31.7 Å². The molecule has 0 radical (unpaired) electrons. The Morgan fingerprint density at radius 1 is 1.00 bits per heavy atom. The zero-order valence-electron chi connectivity index (χ0n) is 19.7. The number of nitrogen functional groups attached to an aromatic ring is 1. The second kappa shape index (κ2) is 10.5. The molecule has 8 nitrogen and oxygen atoms in total. The van der Waals surface area contributed by atoms with Crippen LogP contribution in [0.3, 0.4) is 0 Å². The van der Waals surface area contributed by atoms with Gasteiger partial charge < -0.3 is 29.6 Å². The highest BCUT2D eigenvalue weighted by molar-refractivity contribution is 6.03. The van der Waals surface area contributed by atoms with Gasteiger partial charge in [0.2, 0.25) is 0 Å². The zero-order chi connectivity index (χ0) is 24.1. The van der Waals surface area contributed by atoms with Crippen molar-refractivity contribution in [2.24, 2.45) is 4.99 Å². The van der Waals surface area contributed by atoms with E-state index in [2.05, 4.69) is 11.6 Å². The predicted molar refractivity (Wildman–Crippen MR) is 132 cm³/mol. The number of benzene rings is 2. The molecule has 0 bridgehead atoms. The topological polar surface area (TPSA) is 95.6 Å².